The largest absolute Gasteiger partial charge is 0.398 e. The van der Waals surface area contributed by atoms with E-state index in [-0.39, 0.29) is 10.4 Å². The molecule has 4 rings (SSSR count). The molecule has 0 aliphatic rings. The Morgan fingerprint density at radius 2 is 1.73 bits per heavy atom. The van der Waals surface area contributed by atoms with Gasteiger partial charge < -0.3 is 11.5 Å². The van der Waals surface area contributed by atoms with Crippen molar-refractivity contribution in [2.75, 3.05) is 19.8 Å². The highest BCUT2D eigenvalue weighted by Gasteiger charge is 2.25. The van der Waals surface area contributed by atoms with E-state index in [1.165, 1.54) is 36.5 Å². The SMILES string of the molecule is CN(C)C(C(N)=O)c1cc(-c2cn(S(=O)(=O)c3ccccc3)c3cc(F)ccc23)ccc1N. The van der Waals surface area contributed by atoms with Gasteiger partial charge in [0.05, 0.1) is 10.4 Å². The summed E-state index contributed by atoms with van der Waals surface area (Å²) in [6.45, 7) is 0. The van der Waals surface area contributed by atoms with E-state index < -0.39 is 27.8 Å². The normalized spacial score (nSPS) is 12.8. The topological polar surface area (TPSA) is 111 Å². The monoisotopic (exact) mass is 466 g/mol. The maximum absolute atomic E-state index is 14.1. The number of nitrogens with zero attached hydrogens (tertiary/aromatic N) is 2. The third-order valence-corrected chi connectivity index (χ3v) is 7.20. The van der Waals surface area contributed by atoms with Gasteiger partial charge in [-0.1, -0.05) is 24.3 Å². The van der Waals surface area contributed by atoms with Crippen molar-refractivity contribution >= 4 is 32.5 Å². The number of rotatable bonds is 6. The minimum atomic E-state index is -3.99. The maximum Gasteiger partial charge on any atom is 0.268 e. The molecule has 0 saturated heterocycles. The van der Waals surface area contributed by atoms with Gasteiger partial charge in [0.1, 0.15) is 11.9 Å². The number of likely N-dealkylation sites (N-methyl/N-ethyl adjacent to an activating group) is 1. The van der Waals surface area contributed by atoms with Crippen molar-refractivity contribution in [3.05, 3.63) is 84.3 Å². The van der Waals surface area contributed by atoms with Crippen molar-refractivity contribution in [2.45, 2.75) is 10.9 Å². The van der Waals surface area contributed by atoms with Crippen molar-refractivity contribution in [1.29, 1.82) is 0 Å². The molecule has 33 heavy (non-hydrogen) atoms. The highest BCUT2D eigenvalue weighted by atomic mass is 32.2. The van der Waals surface area contributed by atoms with Crippen molar-refractivity contribution in [3.8, 4) is 11.1 Å². The first-order chi connectivity index (χ1) is 15.6. The summed E-state index contributed by atoms with van der Waals surface area (Å²) in [6.07, 6.45) is 1.46. The molecule has 0 spiro atoms. The van der Waals surface area contributed by atoms with Gasteiger partial charge in [0.15, 0.2) is 0 Å². The molecule has 170 valence electrons. The molecule has 4 aromatic rings. The molecule has 3 aromatic carbocycles. The summed E-state index contributed by atoms with van der Waals surface area (Å²) in [4.78, 5) is 13.8. The first-order valence-electron chi connectivity index (χ1n) is 10.1. The highest BCUT2D eigenvalue weighted by molar-refractivity contribution is 7.90. The third kappa shape index (κ3) is 3.96. The predicted octanol–water partition coefficient (Wildman–Crippen LogP) is 3.35. The standard InChI is InChI=1S/C24H23FN4O3S/c1-28(2)23(24(27)30)19-12-15(8-11-21(19)26)20-14-29(22-13-16(25)9-10-18(20)22)33(31,32)17-6-4-3-5-7-17/h3-14,23H,26H2,1-2H3,(H2,27,30). The number of carbonyl (C=O) groups excluding carboxylic acids is 1. The number of hydrogen-bond donors (Lipinski definition) is 2. The van der Waals surface area contributed by atoms with E-state index in [0.717, 1.165) is 3.97 Å². The lowest BCUT2D eigenvalue weighted by atomic mass is 9.96. The fourth-order valence-electron chi connectivity index (χ4n) is 3.97. The molecule has 0 aliphatic carbocycles. The Hall–Kier alpha value is -3.69. The molecule has 7 nitrogen and oxygen atoms in total. The van der Waals surface area contributed by atoms with Gasteiger partial charge in [-0.15, -0.1) is 0 Å². The molecule has 0 saturated carbocycles. The van der Waals surface area contributed by atoms with Crippen LogP contribution in [-0.2, 0) is 14.8 Å². The summed E-state index contributed by atoms with van der Waals surface area (Å²) >= 11 is 0. The molecule has 1 unspecified atom stereocenters. The van der Waals surface area contributed by atoms with Crippen molar-refractivity contribution in [1.82, 2.24) is 8.87 Å². The number of anilines is 1. The number of amides is 1. The van der Waals surface area contributed by atoms with E-state index in [2.05, 4.69) is 0 Å². The van der Waals surface area contributed by atoms with Gasteiger partial charge >= 0.3 is 0 Å². The average molecular weight is 467 g/mol. The molecule has 1 aromatic heterocycles. The molecule has 0 fully saturated rings. The zero-order valence-electron chi connectivity index (χ0n) is 18.1. The Bertz CT molecular complexity index is 1460. The first kappa shape index (κ1) is 22.5. The van der Waals surface area contributed by atoms with Crippen LogP contribution in [0.1, 0.15) is 11.6 Å². The lowest BCUT2D eigenvalue weighted by Gasteiger charge is -2.23. The van der Waals surface area contributed by atoms with Gasteiger partial charge in [-0.3, -0.25) is 9.69 Å². The molecule has 1 atom stereocenters. The zero-order chi connectivity index (χ0) is 23.9. The number of primary amides is 1. The van der Waals surface area contributed by atoms with Gasteiger partial charge in [0.2, 0.25) is 5.91 Å². The summed E-state index contributed by atoms with van der Waals surface area (Å²) in [6, 6.07) is 16.2. The van der Waals surface area contributed by atoms with Crippen LogP contribution in [-0.4, -0.2) is 37.3 Å². The summed E-state index contributed by atoms with van der Waals surface area (Å²) in [5.41, 5.74) is 14.0. The van der Waals surface area contributed by atoms with Gasteiger partial charge in [-0.25, -0.2) is 16.8 Å². The Balaban J connectivity index is 1.98. The number of aromatic nitrogens is 1. The first-order valence-corrected chi connectivity index (χ1v) is 11.5. The number of halogens is 1. The van der Waals surface area contributed by atoms with Crippen molar-refractivity contribution < 1.29 is 17.6 Å². The van der Waals surface area contributed by atoms with Crippen LogP contribution in [0.2, 0.25) is 0 Å². The second kappa shape index (κ2) is 8.34. The Labute approximate surface area is 191 Å². The lowest BCUT2D eigenvalue weighted by Crippen LogP contribution is -2.33. The molecular formula is C24H23FN4O3S. The fourth-order valence-corrected chi connectivity index (χ4v) is 5.35. The number of fused-ring (bicyclic) bond motifs is 1. The van der Waals surface area contributed by atoms with E-state index in [0.29, 0.717) is 27.8 Å². The maximum atomic E-state index is 14.1. The average Bonchev–Trinajstić information content (AvgIpc) is 3.14. The van der Waals surface area contributed by atoms with Crippen molar-refractivity contribution in [3.63, 3.8) is 0 Å². The molecular weight excluding hydrogens is 443 g/mol. The number of benzene rings is 3. The summed E-state index contributed by atoms with van der Waals surface area (Å²) in [5, 5.41) is 0.534. The number of nitrogen functional groups attached to an aromatic ring is 1. The molecule has 1 amide bonds. The molecule has 0 radical (unpaired) electrons. The van der Waals surface area contributed by atoms with E-state index in [1.807, 2.05) is 0 Å². The van der Waals surface area contributed by atoms with Crippen LogP contribution in [0.15, 0.2) is 77.8 Å². The summed E-state index contributed by atoms with van der Waals surface area (Å²) < 4.78 is 41.9. The van der Waals surface area contributed by atoms with Crippen LogP contribution in [0.25, 0.3) is 22.0 Å². The van der Waals surface area contributed by atoms with Gasteiger partial charge in [0, 0.05) is 28.4 Å². The van der Waals surface area contributed by atoms with Gasteiger partial charge in [0.25, 0.3) is 10.0 Å². The van der Waals surface area contributed by atoms with Gasteiger partial charge in [-0.05, 0) is 62.1 Å². The van der Waals surface area contributed by atoms with E-state index in [1.54, 1.807) is 55.4 Å². The Kier molecular flexibility index (Phi) is 5.69. The second-order valence-electron chi connectivity index (χ2n) is 7.93. The summed E-state index contributed by atoms with van der Waals surface area (Å²) in [5.74, 6) is -1.13. The minimum Gasteiger partial charge on any atom is -0.398 e. The predicted molar refractivity (Wildman–Crippen MR) is 126 cm³/mol. The smallest absolute Gasteiger partial charge is 0.268 e. The number of nitrogens with two attached hydrogens (primary N) is 2. The van der Waals surface area contributed by atoms with Crippen LogP contribution < -0.4 is 11.5 Å². The molecule has 1 heterocycles. The van der Waals surface area contributed by atoms with E-state index in [9.17, 15) is 17.6 Å². The summed E-state index contributed by atoms with van der Waals surface area (Å²) in [7, 11) is -0.566. The number of hydrogen-bond acceptors (Lipinski definition) is 5. The van der Waals surface area contributed by atoms with Crippen LogP contribution in [0.5, 0.6) is 0 Å². The second-order valence-corrected chi connectivity index (χ2v) is 9.75. The van der Waals surface area contributed by atoms with Gasteiger partial charge in [-0.2, -0.15) is 0 Å². The molecule has 0 bridgehead atoms. The number of carbonyl (C=O) groups is 1. The molecule has 0 aliphatic heterocycles. The fraction of sp³-hybridized carbons (Fsp3) is 0.125. The van der Waals surface area contributed by atoms with E-state index >= 15 is 0 Å². The molecule has 9 heteroatoms. The third-order valence-electron chi connectivity index (χ3n) is 5.51. The highest BCUT2D eigenvalue weighted by Crippen LogP contribution is 2.36. The Morgan fingerprint density at radius 3 is 2.36 bits per heavy atom. The van der Waals surface area contributed by atoms with Crippen LogP contribution >= 0.6 is 0 Å². The zero-order valence-corrected chi connectivity index (χ0v) is 18.9. The van der Waals surface area contributed by atoms with Crippen LogP contribution in [0, 0.1) is 5.82 Å². The van der Waals surface area contributed by atoms with Crippen LogP contribution in [0.4, 0.5) is 10.1 Å². The Morgan fingerprint density at radius 1 is 1.03 bits per heavy atom. The van der Waals surface area contributed by atoms with Crippen molar-refractivity contribution in [2.24, 2.45) is 5.73 Å². The quantitative estimate of drug-likeness (QED) is 0.423. The lowest BCUT2D eigenvalue weighted by molar-refractivity contribution is -0.122. The van der Waals surface area contributed by atoms with E-state index in [4.69, 9.17) is 11.5 Å². The minimum absolute atomic E-state index is 0.0807. The van der Waals surface area contributed by atoms with Crippen LogP contribution in [0.3, 0.4) is 0 Å². The molecule has 4 N–H and O–H groups in total.